The van der Waals surface area contributed by atoms with Gasteiger partial charge in [-0.3, -0.25) is 0 Å². The van der Waals surface area contributed by atoms with E-state index in [9.17, 15) is 8.42 Å². The summed E-state index contributed by atoms with van der Waals surface area (Å²) >= 11 is 0. The maximum Gasteiger partial charge on any atom is 0.150 e. The van der Waals surface area contributed by atoms with Crippen molar-refractivity contribution in [1.82, 2.24) is 5.32 Å². The Kier molecular flexibility index (Phi) is 3.08. The van der Waals surface area contributed by atoms with Gasteiger partial charge in [-0.2, -0.15) is 0 Å². The lowest BCUT2D eigenvalue weighted by Crippen LogP contribution is -2.46. The Morgan fingerprint density at radius 1 is 1.40 bits per heavy atom. The molecule has 2 fully saturated rings. The Labute approximate surface area is 92.6 Å². The molecule has 15 heavy (non-hydrogen) atoms. The number of rotatable bonds is 4. The molecule has 0 aromatic carbocycles. The molecule has 2 rings (SSSR count). The molecule has 0 spiro atoms. The van der Waals surface area contributed by atoms with Gasteiger partial charge in [-0.1, -0.05) is 13.3 Å². The molecule has 88 valence electrons. The summed E-state index contributed by atoms with van der Waals surface area (Å²) in [7, 11) is -2.71. The average Bonchev–Trinajstić information content (AvgIpc) is 2.45. The fraction of sp³-hybridized carbons (Fsp3) is 1.00. The van der Waals surface area contributed by atoms with Crippen LogP contribution >= 0.6 is 0 Å². The number of nitrogens with one attached hydrogen (secondary N) is 1. The highest BCUT2D eigenvalue weighted by molar-refractivity contribution is 7.91. The Morgan fingerprint density at radius 3 is 2.53 bits per heavy atom. The highest BCUT2D eigenvalue weighted by Gasteiger charge is 2.47. The lowest BCUT2D eigenvalue weighted by Gasteiger charge is -2.46. The van der Waals surface area contributed by atoms with E-state index in [-0.39, 0.29) is 0 Å². The Balaban J connectivity index is 2.01. The number of hydrogen-bond donors (Lipinski definition) is 1. The molecule has 1 heterocycles. The second-order valence-electron chi connectivity index (χ2n) is 5.10. The minimum atomic E-state index is -2.71. The van der Waals surface area contributed by atoms with Crippen molar-refractivity contribution >= 4 is 9.84 Å². The molecule has 0 amide bonds. The van der Waals surface area contributed by atoms with Crippen LogP contribution in [0.25, 0.3) is 0 Å². The van der Waals surface area contributed by atoms with E-state index in [1.807, 2.05) is 0 Å². The van der Waals surface area contributed by atoms with Crippen LogP contribution in [0.2, 0.25) is 0 Å². The van der Waals surface area contributed by atoms with Gasteiger partial charge in [-0.05, 0) is 37.1 Å². The van der Waals surface area contributed by atoms with Crippen LogP contribution in [-0.2, 0) is 9.84 Å². The maximum atomic E-state index is 11.5. The molecule has 0 aromatic heterocycles. The normalized spacial score (nSPS) is 32.5. The molecule has 1 N–H and O–H groups in total. The zero-order valence-electron chi connectivity index (χ0n) is 9.46. The topological polar surface area (TPSA) is 46.2 Å². The first-order valence-corrected chi connectivity index (χ1v) is 7.81. The van der Waals surface area contributed by atoms with Gasteiger partial charge in [-0.25, -0.2) is 8.42 Å². The molecular weight excluding hydrogens is 210 g/mol. The molecule has 4 heteroatoms. The first-order chi connectivity index (χ1) is 7.08. The third-order valence-corrected chi connectivity index (χ3v) is 5.94. The Morgan fingerprint density at radius 2 is 2.13 bits per heavy atom. The van der Waals surface area contributed by atoms with Gasteiger partial charge in [0, 0.05) is 6.54 Å². The zero-order chi connectivity index (χ0) is 10.9. The van der Waals surface area contributed by atoms with Crippen molar-refractivity contribution in [3.05, 3.63) is 0 Å². The molecular formula is C11H21NO2S. The standard InChI is InChI=1S/C11H21NO2S/c1-2-12-9-11(5-3-6-11)10-4-7-15(13,14)8-10/h10,12H,2-9H2,1H3. The van der Waals surface area contributed by atoms with Gasteiger partial charge in [0.2, 0.25) is 0 Å². The van der Waals surface area contributed by atoms with Crippen LogP contribution in [0.1, 0.15) is 32.6 Å². The Hall–Kier alpha value is -0.0900. The summed E-state index contributed by atoms with van der Waals surface area (Å²) in [5.74, 6) is 1.29. The van der Waals surface area contributed by atoms with Gasteiger partial charge in [-0.15, -0.1) is 0 Å². The van der Waals surface area contributed by atoms with E-state index in [0.717, 1.165) is 19.5 Å². The fourth-order valence-corrected chi connectivity index (χ4v) is 4.96. The molecule has 0 bridgehead atoms. The zero-order valence-corrected chi connectivity index (χ0v) is 10.3. The molecule has 0 radical (unpaired) electrons. The van der Waals surface area contributed by atoms with Crippen LogP contribution < -0.4 is 5.32 Å². The summed E-state index contributed by atoms with van der Waals surface area (Å²) in [5.41, 5.74) is 0.319. The van der Waals surface area contributed by atoms with E-state index in [0.29, 0.717) is 22.8 Å². The number of hydrogen-bond acceptors (Lipinski definition) is 3. The van der Waals surface area contributed by atoms with Crippen molar-refractivity contribution in [3.63, 3.8) is 0 Å². The van der Waals surface area contributed by atoms with Crippen molar-refractivity contribution in [3.8, 4) is 0 Å². The van der Waals surface area contributed by atoms with Crippen LogP contribution in [0.3, 0.4) is 0 Å². The van der Waals surface area contributed by atoms with Crippen LogP contribution in [0.15, 0.2) is 0 Å². The third-order valence-electron chi connectivity index (χ3n) is 4.17. The maximum absolute atomic E-state index is 11.5. The van der Waals surface area contributed by atoms with E-state index in [1.165, 1.54) is 19.3 Å². The van der Waals surface area contributed by atoms with Gasteiger partial charge in [0.15, 0.2) is 9.84 Å². The largest absolute Gasteiger partial charge is 0.316 e. The molecule has 0 aromatic rings. The summed E-state index contributed by atoms with van der Waals surface area (Å²) in [6.07, 6.45) is 4.62. The minimum absolute atomic E-state index is 0.319. The van der Waals surface area contributed by atoms with E-state index in [2.05, 4.69) is 12.2 Å². The predicted molar refractivity (Wildman–Crippen MR) is 61.6 cm³/mol. The number of sulfone groups is 1. The van der Waals surface area contributed by atoms with Gasteiger partial charge >= 0.3 is 0 Å². The average molecular weight is 231 g/mol. The van der Waals surface area contributed by atoms with Crippen molar-refractivity contribution in [2.75, 3.05) is 24.6 Å². The smallest absolute Gasteiger partial charge is 0.150 e. The molecule has 1 aliphatic heterocycles. The van der Waals surface area contributed by atoms with Crippen LogP contribution in [0, 0.1) is 11.3 Å². The van der Waals surface area contributed by atoms with Crippen LogP contribution in [-0.4, -0.2) is 33.0 Å². The van der Waals surface area contributed by atoms with E-state index in [1.54, 1.807) is 0 Å². The SMILES string of the molecule is CCNCC1(C2CCS(=O)(=O)C2)CCC1. The predicted octanol–water partition coefficient (Wildman–Crippen LogP) is 1.20. The summed E-state index contributed by atoms with van der Waals surface area (Å²) in [6, 6.07) is 0. The molecule has 1 atom stereocenters. The van der Waals surface area contributed by atoms with Gasteiger partial charge in [0.1, 0.15) is 0 Å². The summed E-state index contributed by atoms with van der Waals surface area (Å²) < 4.78 is 23.0. The van der Waals surface area contributed by atoms with Crippen LogP contribution in [0.4, 0.5) is 0 Å². The Bertz CT molecular complexity index is 319. The fourth-order valence-electron chi connectivity index (χ4n) is 3.01. The van der Waals surface area contributed by atoms with Gasteiger partial charge < -0.3 is 5.32 Å². The summed E-state index contributed by atoms with van der Waals surface area (Å²) in [5, 5.41) is 3.40. The lowest BCUT2D eigenvalue weighted by atomic mass is 9.61. The van der Waals surface area contributed by atoms with Gasteiger partial charge in [0.05, 0.1) is 11.5 Å². The molecule has 1 unspecified atom stereocenters. The highest BCUT2D eigenvalue weighted by atomic mass is 32.2. The molecule has 3 nitrogen and oxygen atoms in total. The van der Waals surface area contributed by atoms with Crippen molar-refractivity contribution in [2.24, 2.45) is 11.3 Å². The molecule has 1 aliphatic carbocycles. The second kappa shape index (κ2) is 4.06. The monoisotopic (exact) mass is 231 g/mol. The van der Waals surface area contributed by atoms with Crippen molar-refractivity contribution in [2.45, 2.75) is 32.6 Å². The molecule has 2 aliphatic rings. The quantitative estimate of drug-likeness (QED) is 0.791. The van der Waals surface area contributed by atoms with Gasteiger partial charge in [0.25, 0.3) is 0 Å². The molecule has 1 saturated carbocycles. The van der Waals surface area contributed by atoms with E-state index < -0.39 is 9.84 Å². The van der Waals surface area contributed by atoms with Crippen LogP contribution in [0.5, 0.6) is 0 Å². The van der Waals surface area contributed by atoms with E-state index >= 15 is 0 Å². The lowest BCUT2D eigenvalue weighted by molar-refractivity contribution is 0.0625. The molecule has 1 saturated heterocycles. The minimum Gasteiger partial charge on any atom is -0.316 e. The summed E-state index contributed by atoms with van der Waals surface area (Å²) in [4.78, 5) is 0. The van der Waals surface area contributed by atoms with Crippen molar-refractivity contribution in [1.29, 1.82) is 0 Å². The highest BCUT2D eigenvalue weighted by Crippen LogP contribution is 2.50. The van der Waals surface area contributed by atoms with Crippen molar-refractivity contribution < 1.29 is 8.42 Å². The second-order valence-corrected chi connectivity index (χ2v) is 7.32. The summed E-state index contributed by atoms with van der Waals surface area (Å²) in [6.45, 7) is 4.11. The first kappa shape index (κ1) is 11.4. The first-order valence-electron chi connectivity index (χ1n) is 5.99. The third kappa shape index (κ3) is 2.21. The van der Waals surface area contributed by atoms with E-state index in [4.69, 9.17) is 0 Å².